The maximum atomic E-state index is 12.8. The van der Waals surface area contributed by atoms with Crippen molar-refractivity contribution in [3.05, 3.63) is 59.7 Å². The Morgan fingerprint density at radius 1 is 0.967 bits per heavy atom. The fourth-order valence-corrected chi connectivity index (χ4v) is 3.58. The molecule has 30 heavy (non-hydrogen) atoms. The van der Waals surface area contributed by atoms with Gasteiger partial charge in [0.2, 0.25) is 0 Å². The van der Waals surface area contributed by atoms with Gasteiger partial charge in [-0.3, -0.25) is 9.59 Å². The van der Waals surface area contributed by atoms with Crippen LogP contribution < -0.4 is 9.64 Å². The van der Waals surface area contributed by atoms with Gasteiger partial charge in [-0.25, -0.2) is 0 Å². The van der Waals surface area contributed by atoms with E-state index in [1.807, 2.05) is 12.1 Å². The number of carbonyl (C=O) groups is 2. The van der Waals surface area contributed by atoms with Gasteiger partial charge in [-0.1, -0.05) is 12.1 Å². The van der Waals surface area contributed by atoms with E-state index >= 15 is 0 Å². The SMILES string of the molecule is COc1ccc(C(CC(=O)O)CC(=O)c2ccc(N(CCCl)CCCl)cc2)cc1.Cl. The Labute approximate surface area is 193 Å². The van der Waals surface area contributed by atoms with Gasteiger partial charge in [-0.2, -0.15) is 0 Å². The van der Waals surface area contributed by atoms with Gasteiger partial charge in [-0.15, -0.1) is 35.6 Å². The molecule has 0 radical (unpaired) electrons. The van der Waals surface area contributed by atoms with Crippen molar-refractivity contribution in [2.45, 2.75) is 18.8 Å². The second kappa shape index (κ2) is 13.4. The lowest BCUT2D eigenvalue weighted by molar-refractivity contribution is -0.137. The molecule has 5 nitrogen and oxygen atoms in total. The van der Waals surface area contributed by atoms with E-state index in [-0.39, 0.29) is 31.0 Å². The molecule has 0 aromatic heterocycles. The molecular weight excluding hydrogens is 449 g/mol. The second-order valence-electron chi connectivity index (χ2n) is 6.61. The molecule has 0 spiro atoms. The fourth-order valence-electron chi connectivity index (χ4n) is 3.17. The van der Waals surface area contributed by atoms with Gasteiger partial charge in [-0.05, 0) is 42.0 Å². The molecule has 2 rings (SSSR count). The number of benzene rings is 2. The number of aliphatic carboxylic acids is 1. The number of rotatable bonds is 12. The molecule has 0 amide bonds. The number of hydrogen-bond acceptors (Lipinski definition) is 4. The monoisotopic (exact) mass is 473 g/mol. The summed E-state index contributed by atoms with van der Waals surface area (Å²) in [6.07, 6.45) is 0.000421. The summed E-state index contributed by atoms with van der Waals surface area (Å²) < 4.78 is 5.14. The van der Waals surface area contributed by atoms with E-state index in [0.29, 0.717) is 36.2 Å². The number of carboxylic acid groups (broad SMARTS) is 1. The third kappa shape index (κ3) is 7.71. The molecule has 1 N–H and O–H groups in total. The minimum Gasteiger partial charge on any atom is -0.497 e. The lowest BCUT2D eigenvalue weighted by Crippen LogP contribution is -2.27. The van der Waals surface area contributed by atoms with Crippen LogP contribution in [0.1, 0.15) is 34.7 Å². The van der Waals surface area contributed by atoms with E-state index in [2.05, 4.69) is 4.90 Å². The zero-order valence-electron chi connectivity index (χ0n) is 16.7. The second-order valence-corrected chi connectivity index (χ2v) is 7.36. The van der Waals surface area contributed by atoms with Crippen molar-refractivity contribution in [3.63, 3.8) is 0 Å². The zero-order chi connectivity index (χ0) is 21.2. The molecule has 2 aromatic rings. The highest BCUT2D eigenvalue weighted by atomic mass is 35.5. The quantitative estimate of drug-likeness (QED) is 0.337. The first-order valence-corrected chi connectivity index (χ1v) is 10.4. The summed E-state index contributed by atoms with van der Waals surface area (Å²) in [5, 5.41) is 9.26. The van der Waals surface area contributed by atoms with Gasteiger partial charge < -0.3 is 14.7 Å². The van der Waals surface area contributed by atoms with Gasteiger partial charge in [0.25, 0.3) is 0 Å². The van der Waals surface area contributed by atoms with E-state index in [1.54, 1.807) is 43.5 Å². The number of ether oxygens (including phenoxy) is 1. The Hall–Kier alpha value is -1.95. The van der Waals surface area contributed by atoms with E-state index < -0.39 is 11.9 Å². The average molecular weight is 475 g/mol. The van der Waals surface area contributed by atoms with Crippen molar-refractivity contribution >= 4 is 53.0 Å². The normalized spacial score (nSPS) is 11.3. The Morgan fingerprint density at radius 2 is 1.53 bits per heavy atom. The summed E-state index contributed by atoms with van der Waals surface area (Å²) in [7, 11) is 1.57. The lowest BCUT2D eigenvalue weighted by atomic mass is 9.89. The molecule has 0 saturated carbocycles. The molecular formula is C22H26Cl3NO4. The maximum Gasteiger partial charge on any atom is 0.303 e. The molecule has 0 heterocycles. The van der Waals surface area contributed by atoms with Gasteiger partial charge in [0, 0.05) is 48.4 Å². The molecule has 0 aliphatic heterocycles. The van der Waals surface area contributed by atoms with Crippen LogP contribution in [-0.4, -0.2) is 48.8 Å². The minimum atomic E-state index is -0.938. The Bertz CT molecular complexity index is 791. The summed E-state index contributed by atoms with van der Waals surface area (Å²) in [5.41, 5.74) is 2.29. The fraction of sp³-hybridized carbons (Fsp3) is 0.364. The molecule has 1 unspecified atom stereocenters. The minimum absolute atomic E-state index is 0. The first-order valence-electron chi connectivity index (χ1n) is 9.34. The zero-order valence-corrected chi connectivity index (χ0v) is 19.1. The van der Waals surface area contributed by atoms with Crippen LogP contribution in [0.15, 0.2) is 48.5 Å². The van der Waals surface area contributed by atoms with Crippen molar-refractivity contribution in [1.82, 2.24) is 0 Å². The Morgan fingerprint density at radius 3 is 2.00 bits per heavy atom. The largest absolute Gasteiger partial charge is 0.497 e. The predicted molar refractivity (Wildman–Crippen MR) is 124 cm³/mol. The molecule has 0 aliphatic rings. The first kappa shape index (κ1) is 26.1. The number of nitrogens with zero attached hydrogens (tertiary/aromatic N) is 1. The van der Waals surface area contributed by atoms with Crippen LogP contribution >= 0.6 is 35.6 Å². The molecule has 0 bridgehead atoms. The van der Waals surface area contributed by atoms with Gasteiger partial charge in [0.1, 0.15) is 5.75 Å². The highest BCUT2D eigenvalue weighted by Crippen LogP contribution is 2.28. The number of hydrogen-bond donors (Lipinski definition) is 1. The number of Topliss-reactive ketones (excluding diaryl/α,β-unsaturated/α-hetero) is 1. The van der Waals surface area contributed by atoms with Gasteiger partial charge in [0.05, 0.1) is 13.5 Å². The molecule has 0 aliphatic carbocycles. The average Bonchev–Trinajstić information content (AvgIpc) is 2.73. The van der Waals surface area contributed by atoms with E-state index in [1.165, 1.54) is 0 Å². The Balaban J connectivity index is 0.00000450. The summed E-state index contributed by atoms with van der Waals surface area (Å²) in [5.74, 6) is 0.205. The third-order valence-electron chi connectivity index (χ3n) is 4.70. The van der Waals surface area contributed by atoms with E-state index in [0.717, 1.165) is 11.3 Å². The van der Waals surface area contributed by atoms with Crippen LogP contribution in [0.4, 0.5) is 5.69 Å². The number of carbonyl (C=O) groups excluding carboxylic acids is 1. The van der Waals surface area contributed by atoms with Gasteiger partial charge >= 0.3 is 5.97 Å². The number of carboxylic acids is 1. The first-order chi connectivity index (χ1) is 14.0. The molecule has 2 aromatic carbocycles. The van der Waals surface area contributed by atoms with Crippen molar-refractivity contribution in [3.8, 4) is 5.75 Å². The number of ketones is 1. The van der Waals surface area contributed by atoms with Crippen LogP contribution in [0.2, 0.25) is 0 Å². The maximum absolute atomic E-state index is 12.8. The summed E-state index contributed by atoms with van der Waals surface area (Å²) in [6, 6.07) is 14.4. The molecule has 0 fully saturated rings. The molecule has 0 saturated heterocycles. The van der Waals surface area contributed by atoms with Crippen molar-refractivity contribution in [1.29, 1.82) is 0 Å². The van der Waals surface area contributed by atoms with Crippen LogP contribution in [-0.2, 0) is 4.79 Å². The van der Waals surface area contributed by atoms with Crippen LogP contribution in [0, 0.1) is 0 Å². The summed E-state index contributed by atoms with van der Waals surface area (Å²) in [6.45, 7) is 1.33. The molecule has 1 atom stereocenters. The number of halogens is 3. The van der Waals surface area contributed by atoms with Crippen LogP contribution in [0.25, 0.3) is 0 Å². The van der Waals surface area contributed by atoms with Crippen molar-refractivity contribution in [2.75, 3.05) is 36.9 Å². The molecule has 8 heteroatoms. The highest BCUT2D eigenvalue weighted by Gasteiger charge is 2.20. The third-order valence-corrected chi connectivity index (χ3v) is 5.04. The number of methoxy groups -OCH3 is 1. The number of anilines is 1. The predicted octanol–water partition coefficient (Wildman–Crippen LogP) is 5.23. The number of alkyl halides is 2. The smallest absolute Gasteiger partial charge is 0.303 e. The van der Waals surface area contributed by atoms with Crippen molar-refractivity contribution in [2.24, 2.45) is 0 Å². The highest BCUT2D eigenvalue weighted by molar-refractivity contribution is 6.18. The summed E-state index contributed by atoms with van der Waals surface area (Å²) >= 11 is 11.7. The van der Waals surface area contributed by atoms with E-state index in [4.69, 9.17) is 27.9 Å². The summed E-state index contributed by atoms with van der Waals surface area (Å²) in [4.78, 5) is 26.2. The molecule has 164 valence electrons. The topological polar surface area (TPSA) is 66.8 Å². The van der Waals surface area contributed by atoms with Crippen molar-refractivity contribution < 1.29 is 19.4 Å². The van der Waals surface area contributed by atoms with E-state index in [9.17, 15) is 14.7 Å². The standard InChI is InChI=1S/C22H25Cl2NO4.ClH/c1-29-20-8-4-16(5-9-20)18(15-22(27)28)14-21(26)17-2-6-19(7-3-17)25(12-10-23)13-11-24;/h2-9,18H,10-15H2,1H3,(H,27,28);1H. The van der Waals surface area contributed by atoms with Crippen LogP contribution in [0.5, 0.6) is 5.75 Å². The van der Waals surface area contributed by atoms with Gasteiger partial charge in [0.15, 0.2) is 5.78 Å². The van der Waals surface area contributed by atoms with Crippen LogP contribution in [0.3, 0.4) is 0 Å². The lowest BCUT2D eigenvalue weighted by Gasteiger charge is -2.23. The Kier molecular flexibility index (Phi) is 11.6.